The van der Waals surface area contributed by atoms with Gasteiger partial charge in [-0.3, -0.25) is 10.2 Å². The fourth-order valence-electron chi connectivity index (χ4n) is 0.475. The van der Waals surface area contributed by atoms with Crippen LogP contribution in [0.15, 0.2) is 0 Å². The van der Waals surface area contributed by atoms with E-state index in [1.807, 2.05) is 0 Å². The predicted molar refractivity (Wildman–Crippen MR) is 33.2 cm³/mol. The minimum Gasteiger partial charge on any atom is -0.316 e. The van der Waals surface area contributed by atoms with Gasteiger partial charge in [-0.25, -0.2) is 0 Å². The van der Waals surface area contributed by atoms with Crippen LogP contribution in [0, 0.1) is 5.41 Å². The summed E-state index contributed by atoms with van der Waals surface area (Å²) in [7, 11) is 0. The zero-order chi connectivity index (χ0) is 6.15. The summed E-state index contributed by atoms with van der Waals surface area (Å²) in [5.41, 5.74) is 5.23. The van der Waals surface area contributed by atoms with Gasteiger partial charge in [0.15, 0.2) is 5.78 Å². The van der Waals surface area contributed by atoms with Crippen LogP contribution < -0.4 is 5.73 Å². The molecule has 0 aromatic rings. The Morgan fingerprint density at radius 3 is 2.62 bits per heavy atom. The number of thioether (sulfide) groups is 1. The number of ketones is 1. The Bertz CT molecular complexity index is 129. The lowest BCUT2D eigenvalue weighted by Crippen LogP contribution is -2.31. The lowest BCUT2D eigenvalue weighted by molar-refractivity contribution is -0.116. The summed E-state index contributed by atoms with van der Waals surface area (Å²) in [6.45, 7) is 0. The SMILES string of the molecule is N=C1SCC(=O)C1N. The molecular formula is C4H6N2OS. The molecule has 3 N–H and O–H groups in total. The molecule has 1 saturated heterocycles. The molecule has 0 amide bonds. The fraction of sp³-hybridized carbons (Fsp3) is 0.500. The molecule has 3 nitrogen and oxygen atoms in total. The molecule has 0 radical (unpaired) electrons. The van der Waals surface area contributed by atoms with Crippen molar-refractivity contribution in [2.75, 3.05) is 5.75 Å². The second-order valence-corrected chi connectivity index (χ2v) is 2.61. The Balaban J connectivity index is 2.70. The molecule has 4 heteroatoms. The number of carbonyl (C=O) groups is 1. The van der Waals surface area contributed by atoms with E-state index in [0.717, 1.165) is 0 Å². The first kappa shape index (κ1) is 5.78. The number of hydrogen-bond donors (Lipinski definition) is 2. The number of Topliss-reactive ketones (excluding diaryl/α,β-unsaturated/α-hetero) is 1. The molecule has 0 aliphatic carbocycles. The molecule has 1 atom stereocenters. The first-order valence-corrected chi connectivity index (χ1v) is 3.20. The number of nitrogens with one attached hydrogen (secondary N) is 1. The molecule has 44 valence electrons. The molecule has 1 fully saturated rings. The summed E-state index contributed by atoms with van der Waals surface area (Å²) in [6.07, 6.45) is 0. The standard InChI is InChI=1S/C4H6N2OS/c5-3-2(7)1-8-4(3)6/h3,6H,1,5H2. The first-order valence-electron chi connectivity index (χ1n) is 2.21. The third kappa shape index (κ3) is 0.763. The van der Waals surface area contributed by atoms with E-state index in [-0.39, 0.29) is 5.78 Å². The van der Waals surface area contributed by atoms with Crippen molar-refractivity contribution in [3.05, 3.63) is 0 Å². The van der Waals surface area contributed by atoms with Gasteiger partial charge >= 0.3 is 0 Å². The van der Waals surface area contributed by atoms with E-state index < -0.39 is 6.04 Å². The predicted octanol–water partition coefficient (Wildman–Crippen LogP) is -0.393. The maximum atomic E-state index is 10.5. The van der Waals surface area contributed by atoms with Gasteiger partial charge in [-0.05, 0) is 0 Å². The quantitative estimate of drug-likeness (QED) is 0.469. The molecular weight excluding hydrogens is 124 g/mol. The van der Waals surface area contributed by atoms with E-state index >= 15 is 0 Å². The minimum atomic E-state index is -0.611. The Labute approximate surface area is 51.1 Å². The monoisotopic (exact) mass is 130 g/mol. The van der Waals surface area contributed by atoms with Gasteiger partial charge in [-0.15, -0.1) is 11.8 Å². The van der Waals surface area contributed by atoms with Crippen LogP contribution in [0.25, 0.3) is 0 Å². The lowest BCUT2D eigenvalue weighted by Gasteiger charge is -1.93. The zero-order valence-electron chi connectivity index (χ0n) is 4.18. The van der Waals surface area contributed by atoms with E-state index in [9.17, 15) is 4.79 Å². The highest BCUT2D eigenvalue weighted by atomic mass is 32.2. The maximum absolute atomic E-state index is 10.5. The van der Waals surface area contributed by atoms with Gasteiger partial charge in [0.1, 0.15) is 6.04 Å². The van der Waals surface area contributed by atoms with Crippen molar-refractivity contribution in [2.45, 2.75) is 6.04 Å². The van der Waals surface area contributed by atoms with Crippen LogP contribution in [0.1, 0.15) is 0 Å². The summed E-state index contributed by atoms with van der Waals surface area (Å²) < 4.78 is 0. The minimum absolute atomic E-state index is 0.0278. The number of nitrogens with two attached hydrogens (primary N) is 1. The summed E-state index contributed by atoms with van der Waals surface area (Å²) in [5.74, 6) is 0.361. The van der Waals surface area contributed by atoms with Crippen LogP contribution in [0.2, 0.25) is 0 Å². The van der Waals surface area contributed by atoms with Crippen molar-refractivity contribution in [1.82, 2.24) is 0 Å². The van der Waals surface area contributed by atoms with Crippen LogP contribution in [0.5, 0.6) is 0 Å². The lowest BCUT2D eigenvalue weighted by atomic mass is 10.2. The second kappa shape index (κ2) is 1.87. The average molecular weight is 130 g/mol. The molecule has 0 saturated carbocycles. The molecule has 0 aromatic carbocycles. The van der Waals surface area contributed by atoms with Crippen LogP contribution in [-0.4, -0.2) is 22.6 Å². The molecule has 0 spiro atoms. The summed E-state index contributed by atoms with van der Waals surface area (Å²) in [5, 5.41) is 7.30. The smallest absolute Gasteiger partial charge is 0.166 e. The highest BCUT2D eigenvalue weighted by Gasteiger charge is 2.26. The van der Waals surface area contributed by atoms with E-state index in [1.54, 1.807) is 0 Å². The molecule has 0 aromatic heterocycles. The van der Waals surface area contributed by atoms with Crippen molar-refractivity contribution < 1.29 is 4.79 Å². The van der Waals surface area contributed by atoms with Gasteiger partial charge in [0.2, 0.25) is 0 Å². The Morgan fingerprint density at radius 2 is 2.50 bits per heavy atom. The Hall–Kier alpha value is -0.350. The summed E-state index contributed by atoms with van der Waals surface area (Å²) in [4.78, 5) is 10.5. The van der Waals surface area contributed by atoms with Crippen LogP contribution >= 0.6 is 11.8 Å². The fourth-order valence-corrected chi connectivity index (χ4v) is 1.26. The first-order chi connectivity index (χ1) is 3.72. The molecule has 1 aliphatic heterocycles. The molecule has 1 rings (SSSR count). The van der Waals surface area contributed by atoms with E-state index in [2.05, 4.69) is 0 Å². The zero-order valence-corrected chi connectivity index (χ0v) is 4.99. The van der Waals surface area contributed by atoms with Gasteiger partial charge in [0, 0.05) is 0 Å². The van der Waals surface area contributed by atoms with E-state index in [1.165, 1.54) is 11.8 Å². The Kier molecular flexibility index (Phi) is 1.35. The Morgan fingerprint density at radius 1 is 1.88 bits per heavy atom. The van der Waals surface area contributed by atoms with Crippen molar-refractivity contribution in [1.29, 1.82) is 5.41 Å². The van der Waals surface area contributed by atoms with Crippen molar-refractivity contribution in [3.63, 3.8) is 0 Å². The summed E-state index contributed by atoms with van der Waals surface area (Å²) >= 11 is 1.22. The third-order valence-electron chi connectivity index (χ3n) is 0.999. The van der Waals surface area contributed by atoms with E-state index in [0.29, 0.717) is 10.8 Å². The van der Waals surface area contributed by atoms with E-state index in [4.69, 9.17) is 11.1 Å². The maximum Gasteiger partial charge on any atom is 0.166 e. The van der Waals surface area contributed by atoms with Gasteiger partial charge in [-0.1, -0.05) is 0 Å². The summed E-state index contributed by atoms with van der Waals surface area (Å²) in [6, 6.07) is -0.611. The van der Waals surface area contributed by atoms with Crippen molar-refractivity contribution >= 4 is 22.6 Å². The van der Waals surface area contributed by atoms with Crippen LogP contribution in [0.3, 0.4) is 0 Å². The highest BCUT2D eigenvalue weighted by molar-refractivity contribution is 8.15. The average Bonchev–Trinajstić information content (AvgIpc) is 1.98. The third-order valence-corrected chi connectivity index (χ3v) is 1.99. The normalized spacial score (nSPS) is 29.4. The van der Waals surface area contributed by atoms with Crippen molar-refractivity contribution in [3.8, 4) is 0 Å². The topological polar surface area (TPSA) is 66.9 Å². The highest BCUT2D eigenvalue weighted by Crippen LogP contribution is 2.14. The second-order valence-electron chi connectivity index (χ2n) is 1.60. The number of hydrogen-bond acceptors (Lipinski definition) is 4. The van der Waals surface area contributed by atoms with Crippen molar-refractivity contribution in [2.24, 2.45) is 5.73 Å². The molecule has 0 bridgehead atoms. The van der Waals surface area contributed by atoms with Gasteiger partial charge in [0.25, 0.3) is 0 Å². The van der Waals surface area contributed by atoms with Gasteiger partial charge in [0.05, 0.1) is 10.8 Å². The molecule has 8 heavy (non-hydrogen) atoms. The number of rotatable bonds is 0. The number of carbonyl (C=O) groups excluding carboxylic acids is 1. The molecule has 1 aliphatic rings. The largest absolute Gasteiger partial charge is 0.316 e. The van der Waals surface area contributed by atoms with Gasteiger partial charge in [-0.2, -0.15) is 0 Å². The molecule has 1 unspecified atom stereocenters. The van der Waals surface area contributed by atoms with Crippen LogP contribution in [0.4, 0.5) is 0 Å². The van der Waals surface area contributed by atoms with Gasteiger partial charge < -0.3 is 5.73 Å². The molecule has 1 heterocycles. The van der Waals surface area contributed by atoms with Crippen LogP contribution in [-0.2, 0) is 4.79 Å².